The van der Waals surface area contributed by atoms with Crippen LogP contribution in [-0.2, 0) is 24.6 Å². The van der Waals surface area contributed by atoms with Gasteiger partial charge in [-0.25, -0.2) is 4.39 Å². The predicted molar refractivity (Wildman–Crippen MR) is 226 cm³/mol. The first-order valence-corrected chi connectivity index (χ1v) is 20.1. The number of phenols is 1. The molecule has 0 radical (unpaired) electrons. The zero-order valence-electron chi connectivity index (χ0n) is 32.9. The Morgan fingerprint density at radius 2 is 1.45 bits per heavy atom. The summed E-state index contributed by atoms with van der Waals surface area (Å²) >= 11 is 6.40. The molecule has 5 aromatic rings. The molecular formula is C47H40ClFN6O5. The predicted octanol–water partition coefficient (Wildman–Crippen LogP) is 9.16. The van der Waals surface area contributed by atoms with Gasteiger partial charge in [0.25, 0.3) is 11.8 Å². The molecule has 6 unspecified atom stereocenters. The number of nitrogens with one attached hydrogen (secondary N) is 1. The summed E-state index contributed by atoms with van der Waals surface area (Å²) in [4.78, 5) is 62.5. The maximum Gasteiger partial charge on any atom is 0.260 e. The van der Waals surface area contributed by atoms with E-state index in [1.165, 1.54) is 29.2 Å². The zero-order chi connectivity index (χ0) is 42.0. The summed E-state index contributed by atoms with van der Waals surface area (Å²) in [5.74, 6) is -6.07. The van der Waals surface area contributed by atoms with Gasteiger partial charge in [0.05, 0.1) is 45.9 Å². The van der Waals surface area contributed by atoms with Gasteiger partial charge >= 0.3 is 0 Å². The molecule has 6 atom stereocenters. The van der Waals surface area contributed by atoms with Crippen LogP contribution in [0.1, 0.15) is 35.4 Å². The second-order valence-electron chi connectivity index (χ2n) is 16.1. The Morgan fingerprint density at radius 1 is 0.800 bits per heavy atom. The summed E-state index contributed by atoms with van der Waals surface area (Å²) in [7, 11) is 3.91. The Morgan fingerprint density at radius 3 is 2.08 bits per heavy atom. The van der Waals surface area contributed by atoms with Crippen LogP contribution in [0.4, 0.5) is 32.8 Å². The van der Waals surface area contributed by atoms with Crippen molar-refractivity contribution in [2.45, 2.75) is 31.1 Å². The second kappa shape index (κ2) is 14.9. The summed E-state index contributed by atoms with van der Waals surface area (Å²) in [6.07, 6.45) is 2.31. The molecule has 2 heterocycles. The van der Waals surface area contributed by atoms with Crippen LogP contribution in [0.2, 0.25) is 5.02 Å². The molecule has 0 bridgehead atoms. The van der Waals surface area contributed by atoms with Gasteiger partial charge in [-0.3, -0.25) is 29.5 Å². The monoisotopic (exact) mass is 822 g/mol. The van der Waals surface area contributed by atoms with Crippen molar-refractivity contribution in [3.8, 4) is 5.75 Å². The number of rotatable bonds is 8. The number of hydrazine groups is 1. The van der Waals surface area contributed by atoms with Crippen molar-refractivity contribution in [3.63, 3.8) is 0 Å². The zero-order valence-corrected chi connectivity index (χ0v) is 33.7. The lowest BCUT2D eigenvalue weighted by Crippen LogP contribution is -2.53. The Kier molecular flexibility index (Phi) is 9.62. The van der Waals surface area contributed by atoms with Gasteiger partial charge in [0.15, 0.2) is 0 Å². The van der Waals surface area contributed by atoms with Crippen molar-refractivity contribution in [1.29, 1.82) is 0 Å². The quantitative estimate of drug-likeness (QED) is 0.0906. The number of nitrogens with zero attached hydrogens (tertiary/aromatic N) is 5. The molecule has 4 amide bonds. The van der Waals surface area contributed by atoms with Crippen molar-refractivity contribution in [3.05, 3.63) is 154 Å². The van der Waals surface area contributed by atoms with Gasteiger partial charge in [-0.15, -0.1) is 0 Å². The molecule has 2 aliphatic heterocycles. The summed E-state index contributed by atoms with van der Waals surface area (Å²) in [6, 6.07) is 31.7. The summed E-state index contributed by atoms with van der Waals surface area (Å²) in [5.41, 5.74) is 6.95. The minimum absolute atomic E-state index is 0.0627. The number of aromatic hydroxyl groups is 1. The number of hydrogen-bond acceptors (Lipinski definition) is 9. The summed E-state index contributed by atoms with van der Waals surface area (Å²) in [6.45, 7) is 1.76. The highest BCUT2D eigenvalue weighted by Gasteiger charge is 2.70. The highest BCUT2D eigenvalue weighted by molar-refractivity contribution is 6.30. The number of phenolic OH excluding ortho intramolecular Hbond substituents is 1. The van der Waals surface area contributed by atoms with Gasteiger partial charge in [0, 0.05) is 30.7 Å². The fraction of sp³-hybridized carbons (Fsp3) is 0.234. The number of allylic oxidation sites excluding steroid dienone is 2. The lowest BCUT2D eigenvalue weighted by Gasteiger charge is -2.50. The van der Waals surface area contributed by atoms with Crippen LogP contribution in [0.3, 0.4) is 0 Å². The van der Waals surface area contributed by atoms with Crippen LogP contribution in [0.5, 0.6) is 5.75 Å². The average molecular weight is 823 g/mol. The molecule has 2 saturated heterocycles. The largest absolute Gasteiger partial charge is 0.508 e. The van der Waals surface area contributed by atoms with Crippen molar-refractivity contribution < 1.29 is 28.7 Å². The fourth-order valence-electron chi connectivity index (χ4n) is 9.74. The van der Waals surface area contributed by atoms with Crippen LogP contribution < -0.4 is 15.2 Å². The number of imide groups is 2. The molecule has 2 aliphatic carbocycles. The average Bonchev–Trinajstić information content (AvgIpc) is 3.63. The number of amides is 4. The Labute approximate surface area is 350 Å². The molecule has 2 N–H and O–H groups in total. The molecule has 5 aromatic carbocycles. The molecule has 0 spiro atoms. The topological polar surface area (TPSA) is 135 Å². The molecule has 302 valence electrons. The third kappa shape index (κ3) is 6.24. The van der Waals surface area contributed by atoms with E-state index in [0.29, 0.717) is 44.5 Å². The van der Waals surface area contributed by atoms with E-state index in [-0.39, 0.29) is 30.4 Å². The first kappa shape index (κ1) is 38.8. The number of carbonyl (C=O) groups excluding carboxylic acids is 4. The molecule has 11 nitrogen and oxygen atoms in total. The van der Waals surface area contributed by atoms with Crippen LogP contribution in [-0.4, -0.2) is 47.8 Å². The van der Waals surface area contributed by atoms with Gasteiger partial charge < -0.3 is 10.0 Å². The number of aryl methyl sites for hydroxylation is 1. The smallest absolute Gasteiger partial charge is 0.260 e. The lowest BCUT2D eigenvalue weighted by molar-refractivity contribution is -0.138. The van der Waals surface area contributed by atoms with Crippen LogP contribution in [0.25, 0.3) is 0 Å². The summed E-state index contributed by atoms with van der Waals surface area (Å²) < 4.78 is 13.9. The highest BCUT2D eigenvalue weighted by atomic mass is 35.5. The minimum Gasteiger partial charge on any atom is -0.508 e. The molecular weight excluding hydrogens is 783 g/mol. The van der Waals surface area contributed by atoms with Crippen molar-refractivity contribution in [1.82, 2.24) is 5.01 Å². The Bertz CT molecular complexity index is 2620. The number of halogens is 2. The number of benzene rings is 5. The minimum atomic E-state index is -1.53. The second-order valence-corrected chi connectivity index (χ2v) is 16.5. The maximum absolute atomic E-state index is 15.3. The van der Waals surface area contributed by atoms with E-state index in [4.69, 9.17) is 11.6 Å². The van der Waals surface area contributed by atoms with E-state index in [0.717, 1.165) is 16.3 Å². The van der Waals surface area contributed by atoms with Gasteiger partial charge in [-0.05, 0) is 133 Å². The molecule has 60 heavy (non-hydrogen) atoms. The third-order valence-corrected chi connectivity index (χ3v) is 12.8. The number of anilines is 3. The van der Waals surface area contributed by atoms with Gasteiger partial charge in [0.2, 0.25) is 11.8 Å². The van der Waals surface area contributed by atoms with Crippen LogP contribution in [0.15, 0.2) is 137 Å². The SMILES string of the molecule is Cc1cc(C2C3=CCC4C(=O)N(c5ccc(N=Nc6ccc(N(C)C)cc6)cc5)C(=O)C4C3CC3C(=O)N(Nc4ccc(F)cc4)C(=O)C32c2ccc(Cl)cc2)ccc1O. The van der Waals surface area contributed by atoms with E-state index in [9.17, 15) is 23.9 Å². The number of hydrogen-bond donors (Lipinski definition) is 2. The van der Waals surface area contributed by atoms with Crippen molar-refractivity contribution >= 4 is 63.7 Å². The van der Waals surface area contributed by atoms with E-state index < -0.39 is 52.6 Å². The number of azo groups is 1. The third-order valence-electron chi connectivity index (χ3n) is 12.6. The number of fused-ring (bicyclic) bond motifs is 4. The van der Waals surface area contributed by atoms with Crippen molar-refractivity contribution in [2.75, 3.05) is 29.3 Å². The van der Waals surface area contributed by atoms with E-state index in [1.54, 1.807) is 67.6 Å². The first-order chi connectivity index (χ1) is 28.9. The Balaban J connectivity index is 1.10. The molecule has 9 rings (SSSR count). The maximum atomic E-state index is 15.3. The Hall–Kier alpha value is -6.66. The van der Waals surface area contributed by atoms with Gasteiger partial charge in [-0.2, -0.15) is 15.2 Å². The van der Waals surface area contributed by atoms with Crippen LogP contribution in [0, 0.1) is 36.4 Å². The molecule has 0 aromatic heterocycles. The van der Waals surface area contributed by atoms with E-state index >= 15 is 4.79 Å². The molecule has 1 saturated carbocycles. The standard InChI is InChI=1S/C47H40ClFN6O5/c1-26-24-27(4-23-40(26)56)42-36-21-22-37-41(45(59)54(43(37)57)35-19-15-32(16-20-35)51-50-31-13-17-34(18-14-31)53(2)3)38(36)25-39-44(58)55(52-33-11-9-30(49)10-12-33)46(60)47(39,42)28-5-7-29(48)8-6-28/h4-21,23-24,37-39,41-42,52,56H,22,25H2,1-3H3. The lowest BCUT2D eigenvalue weighted by atomic mass is 9.49. The van der Waals surface area contributed by atoms with Crippen LogP contribution >= 0.6 is 11.6 Å². The molecule has 13 heteroatoms. The number of carbonyl (C=O) groups is 4. The molecule has 4 aliphatic rings. The highest BCUT2D eigenvalue weighted by Crippen LogP contribution is 2.64. The normalized spacial score (nSPS) is 24.7. The van der Waals surface area contributed by atoms with E-state index in [1.807, 2.05) is 55.4 Å². The van der Waals surface area contributed by atoms with Crippen molar-refractivity contribution in [2.24, 2.45) is 33.9 Å². The summed E-state index contributed by atoms with van der Waals surface area (Å²) in [5, 5.41) is 20.8. The van der Waals surface area contributed by atoms with Gasteiger partial charge in [-0.1, -0.05) is 47.5 Å². The fourth-order valence-corrected chi connectivity index (χ4v) is 9.87. The molecule has 3 fully saturated rings. The van der Waals surface area contributed by atoms with E-state index in [2.05, 4.69) is 15.7 Å². The first-order valence-electron chi connectivity index (χ1n) is 19.7. The van der Waals surface area contributed by atoms with Gasteiger partial charge in [0.1, 0.15) is 11.6 Å².